The Bertz CT molecular complexity index is 943. The molecule has 0 aliphatic carbocycles. The average molecular weight is 290 g/mol. The monoisotopic (exact) mass is 290 g/mol. The highest BCUT2D eigenvalue weighted by Crippen LogP contribution is 2.28. The number of anilines is 1. The van der Waals surface area contributed by atoms with E-state index in [1.807, 2.05) is 36.4 Å². The molecule has 0 bridgehead atoms. The summed E-state index contributed by atoms with van der Waals surface area (Å²) in [5.41, 5.74) is 2.76. The number of carbonyl (C=O) groups excluding carboxylic acids is 1. The number of aromatic nitrogens is 1. The van der Waals surface area contributed by atoms with Crippen molar-refractivity contribution < 1.29 is 4.79 Å². The first-order valence-electron chi connectivity index (χ1n) is 7.26. The highest BCUT2D eigenvalue weighted by molar-refractivity contribution is 6.08. The summed E-state index contributed by atoms with van der Waals surface area (Å²) in [5.74, 6) is -0.239. The number of nitrogens with one attached hydrogen (secondary N) is 1. The number of nitrogens with zero attached hydrogens (tertiary/aromatic N) is 1. The van der Waals surface area contributed by atoms with Crippen LogP contribution in [0.5, 0.6) is 0 Å². The maximum absolute atomic E-state index is 12.8. The minimum absolute atomic E-state index is 0.190. The number of para-hydroxylation sites is 2. The summed E-state index contributed by atoms with van der Waals surface area (Å²) in [4.78, 5) is 30.1. The van der Waals surface area contributed by atoms with E-state index in [0.29, 0.717) is 11.9 Å². The molecule has 0 spiro atoms. The smallest absolute Gasteiger partial charge is 0.263 e. The van der Waals surface area contributed by atoms with E-state index >= 15 is 0 Å². The van der Waals surface area contributed by atoms with Crippen molar-refractivity contribution in [3.8, 4) is 0 Å². The Morgan fingerprint density at radius 3 is 2.73 bits per heavy atom. The van der Waals surface area contributed by atoms with Crippen LogP contribution in [0, 0.1) is 0 Å². The van der Waals surface area contributed by atoms with Crippen LogP contribution in [0.25, 0.3) is 10.9 Å². The third-order valence-corrected chi connectivity index (χ3v) is 4.15. The Morgan fingerprint density at radius 1 is 1.05 bits per heavy atom. The van der Waals surface area contributed by atoms with Crippen LogP contribution in [0.15, 0.2) is 59.5 Å². The van der Waals surface area contributed by atoms with Crippen LogP contribution in [0.3, 0.4) is 0 Å². The van der Waals surface area contributed by atoms with Gasteiger partial charge in [0.15, 0.2) is 0 Å². The zero-order valence-corrected chi connectivity index (χ0v) is 11.9. The van der Waals surface area contributed by atoms with E-state index in [0.717, 1.165) is 23.2 Å². The zero-order valence-electron chi connectivity index (χ0n) is 11.9. The standard InChI is InChI=1S/C18H14N2O2/c21-17-13-6-2-3-7-15(13)19-11-14(17)18(22)20-10-9-12-5-1-4-8-16(12)20/h1-8,11H,9-10H2,(H,19,21). The number of carbonyl (C=O) groups is 1. The van der Waals surface area contributed by atoms with Gasteiger partial charge in [-0.15, -0.1) is 0 Å². The fraction of sp³-hybridized carbons (Fsp3) is 0.111. The fourth-order valence-corrected chi connectivity index (χ4v) is 3.02. The molecule has 2 heterocycles. The van der Waals surface area contributed by atoms with Crippen LogP contribution >= 0.6 is 0 Å². The van der Waals surface area contributed by atoms with Crippen LogP contribution in [-0.4, -0.2) is 17.4 Å². The summed E-state index contributed by atoms with van der Waals surface area (Å²) in [5, 5.41) is 0.542. The molecule has 4 heteroatoms. The molecule has 0 saturated heterocycles. The summed E-state index contributed by atoms with van der Waals surface area (Å²) in [7, 11) is 0. The Hall–Kier alpha value is -2.88. The molecular formula is C18H14N2O2. The molecule has 1 aliphatic heterocycles. The molecule has 0 saturated carbocycles. The SMILES string of the molecule is O=C(c1c[nH]c2ccccc2c1=O)N1CCc2ccccc21. The first kappa shape index (κ1) is 12.8. The van der Waals surface area contributed by atoms with E-state index in [1.165, 1.54) is 6.20 Å². The number of amides is 1. The van der Waals surface area contributed by atoms with Gasteiger partial charge in [0, 0.05) is 29.3 Å². The Morgan fingerprint density at radius 2 is 1.82 bits per heavy atom. The van der Waals surface area contributed by atoms with Crippen LogP contribution < -0.4 is 10.3 Å². The highest BCUT2D eigenvalue weighted by atomic mass is 16.2. The van der Waals surface area contributed by atoms with Crippen LogP contribution in [-0.2, 0) is 6.42 Å². The van der Waals surface area contributed by atoms with Crippen LogP contribution in [0.4, 0.5) is 5.69 Å². The molecule has 108 valence electrons. The molecular weight excluding hydrogens is 276 g/mol. The quantitative estimate of drug-likeness (QED) is 0.749. The van der Waals surface area contributed by atoms with Crippen LogP contribution in [0.1, 0.15) is 15.9 Å². The normalized spacial score (nSPS) is 13.4. The number of hydrogen-bond donors (Lipinski definition) is 1. The molecule has 0 radical (unpaired) electrons. The molecule has 1 aromatic heterocycles. The number of rotatable bonds is 1. The van der Waals surface area contributed by atoms with E-state index in [4.69, 9.17) is 0 Å². The number of H-pyrrole nitrogens is 1. The van der Waals surface area contributed by atoms with Crippen molar-refractivity contribution in [1.29, 1.82) is 0 Å². The molecule has 0 atom stereocenters. The van der Waals surface area contributed by atoms with Gasteiger partial charge in [0.25, 0.3) is 5.91 Å². The van der Waals surface area contributed by atoms with E-state index in [9.17, 15) is 9.59 Å². The van der Waals surface area contributed by atoms with Crippen molar-refractivity contribution in [2.75, 3.05) is 11.4 Å². The third-order valence-electron chi connectivity index (χ3n) is 4.15. The fourth-order valence-electron chi connectivity index (χ4n) is 3.02. The van der Waals surface area contributed by atoms with Gasteiger partial charge in [-0.3, -0.25) is 9.59 Å². The largest absolute Gasteiger partial charge is 0.360 e. The predicted molar refractivity (Wildman–Crippen MR) is 86.4 cm³/mol. The summed E-state index contributed by atoms with van der Waals surface area (Å²) >= 11 is 0. The molecule has 1 aliphatic rings. The molecule has 1 N–H and O–H groups in total. The van der Waals surface area contributed by atoms with Gasteiger partial charge in [0.05, 0.1) is 0 Å². The van der Waals surface area contributed by atoms with E-state index in [2.05, 4.69) is 4.98 Å². The molecule has 2 aromatic carbocycles. The average Bonchev–Trinajstić information content (AvgIpc) is 2.99. The van der Waals surface area contributed by atoms with Gasteiger partial charge in [-0.25, -0.2) is 0 Å². The lowest BCUT2D eigenvalue weighted by atomic mass is 10.1. The summed E-state index contributed by atoms with van der Waals surface area (Å²) in [6.45, 7) is 0.616. The van der Waals surface area contributed by atoms with Gasteiger partial charge in [-0.1, -0.05) is 30.3 Å². The Labute approximate surface area is 127 Å². The van der Waals surface area contributed by atoms with Crippen LogP contribution in [0.2, 0.25) is 0 Å². The van der Waals surface area contributed by atoms with Gasteiger partial charge < -0.3 is 9.88 Å². The summed E-state index contributed by atoms with van der Waals surface area (Å²) in [6.07, 6.45) is 2.35. The molecule has 3 aromatic rings. The highest BCUT2D eigenvalue weighted by Gasteiger charge is 2.27. The third kappa shape index (κ3) is 1.84. The van der Waals surface area contributed by atoms with Crippen molar-refractivity contribution in [2.45, 2.75) is 6.42 Å². The Balaban J connectivity index is 1.82. The van der Waals surface area contributed by atoms with Crippen molar-refractivity contribution >= 4 is 22.5 Å². The molecule has 4 rings (SSSR count). The number of pyridine rings is 1. The lowest BCUT2D eigenvalue weighted by molar-refractivity contribution is 0.0988. The van der Waals surface area contributed by atoms with Gasteiger partial charge in [-0.05, 0) is 30.2 Å². The second-order valence-electron chi connectivity index (χ2n) is 5.41. The van der Waals surface area contributed by atoms with Crippen molar-refractivity contribution in [1.82, 2.24) is 4.98 Å². The minimum Gasteiger partial charge on any atom is -0.360 e. The van der Waals surface area contributed by atoms with E-state index in [1.54, 1.807) is 17.0 Å². The molecule has 22 heavy (non-hydrogen) atoms. The van der Waals surface area contributed by atoms with Gasteiger partial charge >= 0.3 is 0 Å². The number of fused-ring (bicyclic) bond motifs is 2. The van der Waals surface area contributed by atoms with E-state index in [-0.39, 0.29) is 16.9 Å². The zero-order chi connectivity index (χ0) is 15.1. The van der Waals surface area contributed by atoms with Gasteiger partial charge in [0.1, 0.15) is 5.56 Å². The second kappa shape index (κ2) is 4.84. The topological polar surface area (TPSA) is 53.2 Å². The number of aromatic amines is 1. The van der Waals surface area contributed by atoms with Crippen molar-refractivity contribution in [3.05, 3.63) is 76.1 Å². The first-order valence-corrected chi connectivity index (χ1v) is 7.26. The molecule has 0 fully saturated rings. The number of hydrogen-bond acceptors (Lipinski definition) is 2. The second-order valence-corrected chi connectivity index (χ2v) is 5.41. The Kier molecular flexibility index (Phi) is 2.82. The maximum Gasteiger partial charge on any atom is 0.263 e. The lowest BCUT2D eigenvalue weighted by Gasteiger charge is -2.17. The molecule has 0 unspecified atom stereocenters. The van der Waals surface area contributed by atoms with E-state index < -0.39 is 0 Å². The summed E-state index contributed by atoms with van der Waals surface area (Å²) in [6, 6.07) is 15.1. The maximum atomic E-state index is 12.8. The summed E-state index contributed by atoms with van der Waals surface area (Å²) < 4.78 is 0. The minimum atomic E-state index is -0.239. The van der Waals surface area contributed by atoms with Crippen molar-refractivity contribution in [3.63, 3.8) is 0 Å². The van der Waals surface area contributed by atoms with Crippen molar-refractivity contribution in [2.24, 2.45) is 0 Å². The number of benzene rings is 2. The molecule has 1 amide bonds. The van der Waals surface area contributed by atoms with Gasteiger partial charge in [0.2, 0.25) is 5.43 Å². The predicted octanol–water partition coefficient (Wildman–Crippen LogP) is 2.73. The lowest BCUT2D eigenvalue weighted by Crippen LogP contribution is -2.33. The first-order chi connectivity index (χ1) is 10.8. The molecule has 4 nitrogen and oxygen atoms in total. The van der Waals surface area contributed by atoms with Gasteiger partial charge in [-0.2, -0.15) is 0 Å².